The average molecular weight is 584 g/mol. The molecule has 0 atom stereocenters. The lowest BCUT2D eigenvalue weighted by molar-refractivity contribution is -0.0846. The van der Waals surface area contributed by atoms with Gasteiger partial charge in [-0.25, -0.2) is 9.50 Å². The van der Waals surface area contributed by atoms with Crippen molar-refractivity contribution in [3.05, 3.63) is 39.5 Å². The molecule has 11 nitrogen and oxygen atoms in total. The predicted octanol–water partition coefficient (Wildman–Crippen LogP) is 3.23. The molecule has 3 aromatic heterocycles. The molecular weight excluding hydrogens is 546 g/mol. The highest BCUT2D eigenvalue weighted by Gasteiger charge is 2.54. The van der Waals surface area contributed by atoms with Gasteiger partial charge in [0.1, 0.15) is 18.5 Å². The third-order valence-electron chi connectivity index (χ3n) is 8.15. The zero-order valence-corrected chi connectivity index (χ0v) is 24.5. The van der Waals surface area contributed by atoms with Crippen LogP contribution in [0.1, 0.15) is 89.0 Å². The van der Waals surface area contributed by atoms with Gasteiger partial charge in [-0.3, -0.25) is 9.59 Å². The van der Waals surface area contributed by atoms with Crippen LogP contribution in [-0.2, 0) is 11.2 Å². The highest BCUT2D eigenvalue weighted by atomic mass is 32.1. The van der Waals surface area contributed by atoms with E-state index in [1.54, 1.807) is 27.2 Å². The fourth-order valence-corrected chi connectivity index (χ4v) is 6.88. The van der Waals surface area contributed by atoms with E-state index >= 15 is 0 Å². The Morgan fingerprint density at radius 1 is 1.24 bits per heavy atom. The molecule has 3 fully saturated rings. The summed E-state index contributed by atoms with van der Waals surface area (Å²) in [7, 11) is 1.62. The number of aromatic nitrogens is 3. The Balaban J connectivity index is 1.05. The van der Waals surface area contributed by atoms with Gasteiger partial charge in [-0.2, -0.15) is 5.10 Å². The molecule has 4 N–H and O–H groups in total. The highest BCUT2D eigenvalue weighted by Crippen LogP contribution is 2.57. The number of rotatable bonds is 12. The second kappa shape index (κ2) is 10.6. The van der Waals surface area contributed by atoms with E-state index in [0.29, 0.717) is 41.0 Å². The van der Waals surface area contributed by atoms with Crippen LogP contribution in [0.2, 0.25) is 0 Å². The number of methoxy groups -OCH3 is 1. The zero-order chi connectivity index (χ0) is 28.9. The van der Waals surface area contributed by atoms with E-state index in [2.05, 4.69) is 15.4 Å². The molecule has 3 heterocycles. The van der Waals surface area contributed by atoms with E-state index in [9.17, 15) is 14.7 Å². The summed E-state index contributed by atoms with van der Waals surface area (Å²) in [5, 5.41) is 18.6. The first-order valence-corrected chi connectivity index (χ1v) is 15.0. The fourth-order valence-electron chi connectivity index (χ4n) is 6.05. The van der Waals surface area contributed by atoms with Crippen molar-refractivity contribution in [2.24, 2.45) is 11.1 Å². The molecule has 0 radical (unpaired) electrons. The minimum atomic E-state index is -0.946. The summed E-state index contributed by atoms with van der Waals surface area (Å²) in [6, 6.07) is 3.84. The lowest BCUT2D eigenvalue weighted by Crippen LogP contribution is -2.58. The maximum Gasteiger partial charge on any atom is 0.264 e. The number of hydrogen-bond donors (Lipinski definition) is 3. The third kappa shape index (κ3) is 5.77. The van der Waals surface area contributed by atoms with Crippen LogP contribution in [0.4, 0.5) is 0 Å². The van der Waals surface area contributed by atoms with Gasteiger partial charge in [0.25, 0.3) is 11.8 Å². The Morgan fingerprint density at radius 2 is 2.00 bits per heavy atom. The molecule has 0 bridgehead atoms. The van der Waals surface area contributed by atoms with Gasteiger partial charge in [-0.1, -0.05) is 0 Å². The Bertz CT molecular complexity index is 1460. The van der Waals surface area contributed by atoms with E-state index in [4.69, 9.17) is 19.9 Å². The van der Waals surface area contributed by atoms with Gasteiger partial charge in [-0.15, -0.1) is 11.3 Å². The van der Waals surface area contributed by atoms with E-state index < -0.39 is 11.5 Å². The highest BCUT2D eigenvalue weighted by molar-refractivity contribution is 7.14. The van der Waals surface area contributed by atoms with Gasteiger partial charge < -0.3 is 30.4 Å². The number of amides is 2. The van der Waals surface area contributed by atoms with Crippen molar-refractivity contribution in [3.8, 4) is 11.6 Å². The number of pyridine rings is 1. The van der Waals surface area contributed by atoms with Crippen LogP contribution < -0.4 is 20.5 Å². The molecule has 3 saturated carbocycles. The van der Waals surface area contributed by atoms with Crippen LogP contribution in [0.3, 0.4) is 0 Å². The number of hydrogen-bond acceptors (Lipinski definition) is 9. The maximum atomic E-state index is 13.3. The van der Waals surface area contributed by atoms with Crippen molar-refractivity contribution in [2.75, 3.05) is 20.3 Å². The molecule has 6 rings (SSSR count). The standard InChI is InChI=1S/C29H37N5O6S/c1-28(2,37)15-39-21-7-6-20-19(14-31-34(20)23(21)16-4-5-16)26(36)32-17-10-29(11-17)12-18(13-29)40-27-24(25(30)35)41-22(33-27)8-9-38-3/h6-7,14,16-18,37H,4-5,8-13,15H2,1-3H3,(H2,30,35)(H,32,36)/t17-,18-,29?. The minimum absolute atomic E-state index is 0.0181. The second-order valence-corrected chi connectivity index (χ2v) is 13.5. The predicted molar refractivity (Wildman–Crippen MR) is 152 cm³/mol. The zero-order valence-electron chi connectivity index (χ0n) is 23.6. The number of primary amides is 1. The van der Waals surface area contributed by atoms with Crippen LogP contribution in [0.25, 0.3) is 5.52 Å². The molecule has 12 heteroatoms. The number of carbonyl (C=O) groups is 2. The number of nitrogens with two attached hydrogens (primary N) is 1. The van der Waals surface area contributed by atoms with Crippen molar-refractivity contribution in [1.82, 2.24) is 19.9 Å². The molecule has 41 heavy (non-hydrogen) atoms. The summed E-state index contributed by atoms with van der Waals surface area (Å²) in [5.74, 6) is 0.705. The molecule has 3 aromatic rings. The van der Waals surface area contributed by atoms with Crippen LogP contribution >= 0.6 is 11.3 Å². The van der Waals surface area contributed by atoms with E-state index in [0.717, 1.165) is 54.7 Å². The van der Waals surface area contributed by atoms with Gasteiger partial charge >= 0.3 is 0 Å². The number of aliphatic hydroxyl groups is 1. The SMILES string of the molecule is COCCc1nc(O[C@H]2CC3(C[C@H](NC(=O)c4cnn5c(C6CC6)c(OCC(C)(C)O)ccc45)C3)C2)c(C(N)=O)s1. The summed E-state index contributed by atoms with van der Waals surface area (Å²) < 4.78 is 18.9. The smallest absolute Gasteiger partial charge is 0.264 e. The average Bonchev–Trinajstić information content (AvgIpc) is 3.48. The Morgan fingerprint density at radius 3 is 2.66 bits per heavy atom. The number of nitrogens with one attached hydrogen (secondary N) is 1. The maximum absolute atomic E-state index is 13.3. The molecule has 1 spiro atoms. The molecule has 0 unspecified atom stereocenters. The first kappa shape index (κ1) is 27.9. The van der Waals surface area contributed by atoms with Gasteiger partial charge in [0.05, 0.1) is 40.2 Å². The van der Waals surface area contributed by atoms with Crippen LogP contribution in [0, 0.1) is 5.41 Å². The van der Waals surface area contributed by atoms with Crippen LogP contribution in [0.5, 0.6) is 11.6 Å². The molecule has 2 amide bonds. The Labute approximate surface area is 242 Å². The topological polar surface area (TPSA) is 150 Å². The molecule has 0 saturated heterocycles. The number of ether oxygens (including phenoxy) is 3. The molecule has 3 aliphatic rings. The van der Waals surface area contributed by atoms with Crippen molar-refractivity contribution in [3.63, 3.8) is 0 Å². The molecule has 0 aromatic carbocycles. The van der Waals surface area contributed by atoms with Crippen molar-refractivity contribution in [1.29, 1.82) is 0 Å². The number of fused-ring (bicyclic) bond motifs is 1. The summed E-state index contributed by atoms with van der Waals surface area (Å²) in [5.41, 5.74) is 7.00. The molecule has 3 aliphatic carbocycles. The number of nitrogens with zero attached hydrogens (tertiary/aromatic N) is 3. The third-order valence-corrected chi connectivity index (χ3v) is 9.26. The quantitative estimate of drug-likeness (QED) is 0.294. The van der Waals surface area contributed by atoms with E-state index in [1.165, 1.54) is 11.3 Å². The fraction of sp³-hybridized carbons (Fsp3) is 0.586. The van der Waals surface area contributed by atoms with Crippen LogP contribution in [0.15, 0.2) is 18.3 Å². The molecule has 0 aliphatic heterocycles. The summed E-state index contributed by atoms with van der Waals surface area (Å²) in [6.07, 6.45) is 7.81. The summed E-state index contributed by atoms with van der Waals surface area (Å²) in [4.78, 5) is 29.9. The van der Waals surface area contributed by atoms with Crippen molar-refractivity contribution in [2.45, 2.75) is 82.5 Å². The van der Waals surface area contributed by atoms with Gasteiger partial charge in [0.15, 0.2) is 4.88 Å². The lowest BCUT2D eigenvalue weighted by atomic mass is 9.53. The normalized spacial score (nSPS) is 23.7. The molecule has 220 valence electrons. The van der Waals surface area contributed by atoms with Crippen molar-refractivity contribution < 1.29 is 28.9 Å². The Hall–Kier alpha value is -3.22. The number of thiazole rings is 1. The minimum Gasteiger partial charge on any atom is -0.489 e. The van der Waals surface area contributed by atoms with Gasteiger partial charge in [0, 0.05) is 25.5 Å². The first-order chi connectivity index (χ1) is 19.5. The largest absolute Gasteiger partial charge is 0.489 e. The Kier molecular flexibility index (Phi) is 7.19. The van der Waals surface area contributed by atoms with Crippen LogP contribution in [-0.4, -0.2) is 69.6 Å². The molecular formula is C29H37N5O6S. The second-order valence-electron chi connectivity index (χ2n) is 12.4. The number of carbonyl (C=O) groups excluding carboxylic acids is 2. The lowest BCUT2D eigenvalue weighted by Gasteiger charge is -2.57. The summed E-state index contributed by atoms with van der Waals surface area (Å²) >= 11 is 1.26. The first-order valence-electron chi connectivity index (χ1n) is 14.2. The van der Waals surface area contributed by atoms with Crippen molar-refractivity contribution >= 4 is 28.7 Å². The monoisotopic (exact) mass is 583 g/mol. The van der Waals surface area contributed by atoms with E-state index in [-0.39, 0.29) is 30.1 Å². The van der Waals surface area contributed by atoms with Gasteiger partial charge in [-0.05, 0) is 69.9 Å². The van der Waals surface area contributed by atoms with E-state index in [1.807, 2.05) is 16.6 Å². The van der Waals surface area contributed by atoms with Gasteiger partial charge in [0.2, 0.25) is 5.88 Å². The summed E-state index contributed by atoms with van der Waals surface area (Å²) in [6.45, 7) is 4.11.